The number of thioether (sulfide) groups is 1. The third kappa shape index (κ3) is 2.56. The summed E-state index contributed by atoms with van der Waals surface area (Å²) in [5.74, 6) is 1.01. The molecule has 1 saturated carbocycles. The van der Waals surface area contributed by atoms with E-state index in [-0.39, 0.29) is 10.3 Å². The number of rotatable bonds is 2. The molecule has 0 aromatic heterocycles. The monoisotopic (exact) mass is 319 g/mol. The topological polar surface area (TPSA) is 12.5 Å². The summed E-state index contributed by atoms with van der Waals surface area (Å²) in [4.78, 5) is 2.94. The molecule has 2 nitrogen and oxygen atoms in total. The molecule has 122 valence electrons. The van der Waals surface area contributed by atoms with E-state index in [2.05, 4.69) is 63.5 Å². The van der Waals surface area contributed by atoms with E-state index in [1.807, 2.05) is 18.2 Å². The molecule has 22 heavy (non-hydrogen) atoms. The second-order valence-electron chi connectivity index (χ2n) is 7.81. The zero-order chi connectivity index (χ0) is 16.0. The van der Waals surface area contributed by atoms with Gasteiger partial charge in [-0.25, -0.2) is 0 Å². The Balaban J connectivity index is 1.67. The minimum atomic E-state index is 0.227. The maximum Gasteiger partial charge on any atom is 0.119 e. The second-order valence-corrected chi connectivity index (χ2v) is 9.79. The predicted octanol–water partition coefficient (Wildman–Crippen LogP) is 4.94. The van der Waals surface area contributed by atoms with Crippen LogP contribution in [0, 0.1) is 0 Å². The van der Waals surface area contributed by atoms with Gasteiger partial charge in [-0.15, -0.1) is 11.8 Å². The van der Waals surface area contributed by atoms with Crippen LogP contribution in [0.5, 0.6) is 5.75 Å². The van der Waals surface area contributed by atoms with E-state index >= 15 is 0 Å². The van der Waals surface area contributed by atoms with Crippen molar-refractivity contribution in [2.45, 2.75) is 74.6 Å². The number of hydrogen-bond acceptors (Lipinski definition) is 3. The number of nitrogens with zero attached hydrogens (tertiary/aromatic N) is 1. The van der Waals surface area contributed by atoms with Crippen molar-refractivity contribution in [2.24, 2.45) is 0 Å². The molecule has 0 radical (unpaired) electrons. The summed E-state index contributed by atoms with van der Waals surface area (Å²) >= 11 is 2.18. The van der Waals surface area contributed by atoms with Crippen LogP contribution in [-0.2, 0) is 0 Å². The lowest BCUT2D eigenvalue weighted by molar-refractivity contribution is 0.0343. The van der Waals surface area contributed by atoms with Crippen LogP contribution in [0.1, 0.15) is 53.4 Å². The summed E-state index contributed by atoms with van der Waals surface area (Å²) in [6.45, 7) is 9.58. The quantitative estimate of drug-likeness (QED) is 0.766. The van der Waals surface area contributed by atoms with Crippen molar-refractivity contribution < 1.29 is 4.74 Å². The first-order valence-corrected chi connectivity index (χ1v) is 9.24. The van der Waals surface area contributed by atoms with Gasteiger partial charge in [-0.05, 0) is 72.6 Å². The number of ether oxygens (including phenoxy) is 1. The summed E-state index contributed by atoms with van der Waals surface area (Å²) in [6.07, 6.45) is 5.11. The normalized spacial score (nSPS) is 34.0. The van der Waals surface area contributed by atoms with Gasteiger partial charge in [0.15, 0.2) is 0 Å². The van der Waals surface area contributed by atoms with Crippen LogP contribution in [0.15, 0.2) is 30.3 Å². The van der Waals surface area contributed by atoms with Crippen LogP contribution >= 0.6 is 11.8 Å². The van der Waals surface area contributed by atoms with Gasteiger partial charge in [0, 0.05) is 10.3 Å². The van der Waals surface area contributed by atoms with Gasteiger partial charge in [-0.1, -0.05) is 18.2 Å². The van der Waals surface area contributed by atoms with E-state index in [0.29, 0.717) is 11.0 Å². The molecule has 0 amide bonds. The first kappa shape index (κ1) is 16.2. The molecule has 0 atom stereocenters. The fourth-order valence-electron chi connectivity index (χ4n) is 3.87. The molecule has 1 aliphatic heterocycles. The van der Waals surface area contributed by atoms with Gasteiger partial charge in [0.05, 0.1) is 11.0 Å². The Hall–Kier alpha value is -0.670. The Morgan fingerprint density at radius 2 is 1.64 bits per heavy atom. The molecule has 1 aliphatic carbocycles. The van der Waals surface area contributed by atoms with Gasteiger partial charge >= 0.3 is 0 Å². The first-order chi connectivity index (χ1) is 10.3. The highest BCUT2D eigenvalue weighted by molar-refractivity contribution is 8.02. The van der Waals surface area contributed by atoms with Crippen molar-refractivity contribution in [1.29, 1.82) is 0 Å². The molecule has 1 spiro atoms. The minimum absolute atomic E-state index is 0.227. The molecule has 2 fully saturated rings. The first-order valence-electron chi connectivity index (χ1n) is 8.43. The van der Waals surface area contributed by atoms with Gasteiger partial charge in [0.1, 0.15) is 5.75 Å². The van der Waals surface area contributed by atoms with Crippen molar-refractivity contribution >= 4 is 11.8 Å². The molecule has 2 aliphatic rings. The smallest absolute Gasteiger partial charge is 0.119 e. The Morgan fingerprint density at radius 1 is 1.05 bits per heavy atom. The fourth-order valence-corrected chi connectivity index (χ4v) is 6.01. The lowest BCUT2D eigenvalue weighted by Gasteiger charge is -2.45. The fraction of sp³-hybridized carbons (Fsp3) is 0.684. The van der Waals surface area contributed by atoms with E-state index in [4.69, 9.17) is 4.74 Å². The molecule has 1 saturated heterocycles. The molecule has 1 aromatic rings. The zero-order valence-electron chi connectivity index (χ0n) is 14.6. The Morgan fingerprint density at radius 3 is 2.14 bits per heavy atom. The standard InChI is InChI=1S/C19H29NOS/c1-17(2)18(3,4)22-19(20(17)5)13-11-16(12-14-19)21-15-9-7-6-8-10-15/h6-10,16H,11-14H2,1-5H3. The molecule has 0 unspecified atom stereocenters. The second kappa shape index (κ2) is 5.45. The van der Waals surface area contributed by atoms with Crippen molar-refractivity contribution in [2.75, 3.05) is 7.05 Å². The molecule has 0 bridgehead atoms. The molecule has 1 heterocycles. The van der Waals surface area contributed by atoms with Gasteiger partial charge in [0.25, 0.3) is 0 Å². The largest absolute Gasteiger partial charge is 0.490 e. The van der Waals surface area contributed by atoms with E-state index in [0.717, 1.165) is 18.6 Å². The van der Waals surface area contributed by atoms with Crippen LogP contribution in [0.2, 0.25) is 0 Å². The maximum absolute atomic E-state index is 6.17. The summed E-state index contributed by atoms with van der Waals surface area (Å²) in [5, 5.41) is 0. The Bertz CT molecular complexity index is 517. The average Bonchev–Trinajstić information content (AvgIpc) is 2.61. The number of benzene rings is 1. The van der Waals surface area contributed by atoms with Crippen LogP contribution in [-0.4, -0.2) is 33.2 Å². The highest BCUT2D eigenvalue weighted by Gasteiger charge is 2.59. The molecule has 3 rings (SSSR count). The van der Waals surface area contributed by atoms with Gasteiger partial charge in [-0.3, -0.25) is 4.90 Å². The summed E-state index contributed by atoms with van der Waals surface area (Å²) in [6, 6.07) is 10.3. The van der Waals surface area contributed by atoms with Gasteiger partial charge in [-0.2, -0.15) is 0 Å². The lowest BCUT2D eigenvalue weighted by atomic mass is 9.84. The highest BCUT2D eigenvalue weighted by Crippen LogP contribution is 2.60. The molecule has 1 aromatic carbocycles. The van der Waals surface area contributed by atoms with Gasteiger partial charge < -0.3 is 4.74 Å². The molecular weight excluding hydrogens is 290 g/mol. The Labute approximate surface area is 139 Å². The zero-order valence-corrected chi connectivity index (χ0v) is 15.4. The predicted molar refractivity (Wildman–Crippen MR) is 95.6 cm³/mol. The third-order valence-corrected chi connectivity index (χ3v) is 8.20. The highest BCUT2D eigenvalue weighted by atomic mass is 32.2. The van der Waals surface area contributed by atoms with Crippen LogP contribution < -0.4 is 4.74 Å². The number of hydrogen-bond donors (Lipinski definition) is 0. The van der Waals surface area contributed by atoms with Crippen LogP contribution in [0.4, 0.5) is 0 Å². The Kier molecular flexibility index (Phi) is 4.01. The van der Waals surface area contributed by atoms with Crippen LogP contribution in [0.25, 0.3) is 0 Å². The summed E-state index contributed by atoms with van der Waals surface area (Å²) < 4.78 is 6.46. The summed E-state index contributed by atoms with van der Waals surface area (Å²) in [5.41, 5.74) is 0.227. The summed E-state index contributed by atoms with van der Waals surface area (Å²) in [7, 11) is 2.32. The van der Waals surface area contributed by atoms with Crippen molar-refractivity contribution in [3.63, 3.8) is 0 Å². The number of para-hydroxylation sites is 1. The lowest BCUT2D eigenvalue weighted by Crippen LogP contribution is -2.54. The van der Waals surface area contributed by atoms with E-state index in [9.17, 15) is 0 Å². The van der Waals surface area contributed by atoms with Crippen molar-refractivity contribution in [1.82, 2.24) is 4.90 Å². The van der Waals surface area contributed by atoms with E-state index in [1.165, 1.54) is 12.8 Å². The van der Waals surface area contributed by atoms with Gasteiger partial charge in [0.2, 0.25) is 0 Å². The molecule has 0 N–H and O–H groups in total. The van der Waals surface area contributed by atoms with E-state index in [1.54, 1.807) is 0 Å². The maximum atomic E-state index is 6.17. The van der Waals surface area contributed by atoms with Crippen molar-refractivity contribution in [3.8, 4) is 5.75 Å². The van der Waals surface area contributed by atoms with Crippen LogP contribution in [0.3, 0.4) is 0 Å². The van der Waals surface area contributed by atoms with Crippen molar-refractivity contribution in [3.05, 3.63) is 30.3 Å². The SMILES string of the molecule is CN1C2(CCC(Oc3ccccc3)CC2)SC(C)(C)C1(C)C. The third-order valence-electron chi connectivity index (χ3n) is 6.13. The molecular formula is C19H29NOS. The average molecular weight is 320 g/mol. The van der Waals surface area contributed by atoms with E-state index < -0.39 is 0 Å². The minimum Gasteiger partial charge on any atom is -0.490 e. The molecule has 3 heteroatoms.